The number of carbonyl (C=O) groups excluding carboxylic acids is 2. The van der Waals surface area contributed by atoms with Gasteiger partial charge in [-0.2, -0.15) is 9.78 Å². The van der Waals surface area contributed by atoms with Crippen molar-refractivity contribution in [3.8, 4) is 22.1 Å². The predicted octanol–water partition coefficient (Wildman–Crippen LogP) is 3.59. The molecule has 3 rings (SSSR count). The SMILES string of the molecule is CCOC(=O)CCC(=O)Nc1cc(C)nn1-c1nc(-c2cccc(OC)c2)cs1. The van der Waals surface area contributed by atoms with E-state index in [9.17, 15) is 9.59 Å². The number of thiazole rings is 1. The number of nitrogens with zero attached hydrogens (tertiary/aromatic N) is 3. The smallest absolute Gasteiger partial charge is 0.306 e. The number of hydrogen-bond donors (Lipinski definition) is 1. The van der Waals surface area contributed by atoms with E-state index in [0.29, 0.717) is 17.6 Å². The maximum Gasteiger partial charge on any atom is 0.306 e. The van der Waals surface area contributed by atoms with Crippen LogP contribution in [-0.4, -0.2) is 40.4 Å². The van der Waals surface area contributed by atoms with Crippen LogP contribution in [0.5, 0.6) is 5.75 Å². The minimum absolute atomic E-state index is 0.0318. The Bertz CT molecular complexity index is 1010. The molecule has 0 saturated carbocycles. The van der Waals surface area contributed by atoms with Crippen LogP contribution in [0, 0.1) is 6.92 Å². The number of carbonyl (C=O) groups is 2. The fraction of sp³-hybridized carbons (Fsp3) is 0.300. The number of hydrogen-bond acceptors (Lipinski definition) is 7. The molecule has 1 amide bonds. The van der Waals surface area contributed by atoms with Gasteiger partial charge >= 0.3 is 5.97 Å². The molecule has 0 atom stereocenters. The molecule has 0 aliphatic carbocycles. The first-order chi connectivity index (χ1) is 14.0. The second kappa shape index (κ2) is 9.33. The van der Waals surface area contributed by atoms with Gasteiger partial charge in [0.1, 0.15) is 11.6 Å². The molecular weight excluding hydrogens is 392 g/mol. The van der Waals surface area contributed by atoms with Crippen LogP contribution in [0.1, 0.15) is 25.5 Å². The van der Waals surface area contributed by atoms with Gasteiger partial charge in [-0.3, -0.25) is 9.59 Å². The Balaban J connectivity index is 1.76. The van der Waals surface area contributed by atoms with Gasteiger partial charge in [-0.05, 0) is 26.0 Å². The molecule has 0 aliphatic rings. The van der Waals surface area contributed by atoms with Crippen LogP contribution in [0.3, 0.4) is 0 Å². The Hall–Kier alpha value is -3.20. The van der Waals surface area contributed by atoms with Crippen LogP contribution in [0.15, 0.2) is 35.7 Å². The highest BCUT2D eigenvalue weighted by atomic mass is 32.1. The summed E-state index contributed by atoms with van der Waals surface area (Å²) in [6, 6.07) is 9.39. The van der Waals surface area contributed by atoms with Crippen molar-refractivity contribution >= 4 is 29.0 Å². The predicted molar refractivity (Wildman–Crippen MR) is 110 cm³/mol. The summed E-state index contributed by atoms with van der Waals surface area (Å²) < 4.78 is 11.7. The molecule has 29 heavy (non-hydrogen) atoms. The zero-order chi connectivity index (χ0) is 20.8. The highest BCUT2D eigenvalue weighted by Crippen LogP contribution is 2.28. The molecule has 0 aliphatic heterocycles. The third-order valence-electron chi connectivity index (χ3n) is 4.00. The summed E-state index contributed by atoms with van der Waals surface area (Å²) in [7, 11) is 1.62. The van der Waals surface area contributed by atoms with Crippen LogP contribution in [0.4, 0.5) is 5.82 Å². The van der Waals surface area contributed by atoms with E-state index in [1.807, 2.05) is 36.6 Å². The molecule has 2 aromatic heterocycles. The standard InChI is InChI=1S/C20H22N4O4S/c1-4-28-19(26)9-8-18(25)22-17-10-13(2)23-24(17)20-21-16(12-29-20)14-6-5-7-15(11-14)27-3/h5-7,10-12H,4,8-9H2,1-3H3,(H,22,25). The van der Waals surface area contributed by atoms with Crippen LogP contribution < -0.4 is 10.1 Å². The molecule has 8 nitrogen and oxygen atoms in total. The molecule has 3 aromatic rings. The van der Waals surface area contributed by atoms with Crippen LogP contribution in [0.25, 0.3) is 16.4 Å². The summed E-state index contributed by atoms with van der Waals surface area (Å²) >= 11 is 1.41. The summed E-state index contributed by atoms with van der Waals surface area (Å²) in [6.45, 7) is 3.86. The van der Waals surface area contributed by atoms with Gasteiger partial charge in [0.05, 0.1) is 31.5 Å². The van der Waals surface area contributed by atoms with Crippen molar-refractivity contribution < 1.29 is 19.1 Å². The van der Waals surface area contributed by atoms with Crippen molar-refractivity contribution in [1.82, 2.24) is 14.8 Å². The average Bonchev–Trinajstić information content (AvgIpc) is 3.33. The highest BCUT2D eigenvalue weighted by Gasteiger charge is 2.15. The second-order valence-corrected chi connectivity index (χ2v) is 7.02. The molecule has 0 spiro atoms. The molecule has 152 valence electrons. The number of rotatable bonds is 8. The van der Waals surface area contributed by atoms with Crippen molar-refractivity contribution in [2.45, 2.75) is 26.7 Å². The van der Waals surface area contributed by atoms with Crippen molar-refractivity contribution in [3.63, 3.8) is 0 Å². The van der Waals surface area contributed by atoms with E-state index in [-0.39, 0.29) is 18.7 Å². The van der Waals surface area contributed by atoms with Crippen LogP contribution in [0.2, 0.25) is 0 Å². The van der Waals surface area contributed by atoms with Gasteiger partial charge in [-0.25, -0.2) is 4.98 Å². The van der Waals surface area contributed by atoms with E-state index in [1.165, 1.54) is 11.3 Å². The monoisotopic (exact) mass is 414 g/mol. The summed E-state index contributed by atoms with van der Waals surface area (Å²) in [5.74, 6) is 0.573. The molecule has 0 bridgehead atoms. The van der Waals surface area contributed by atoms with Gasteiger partial charge in [0.25, 0.3) is 0 Å². The average molecular weight is 414 g/mol. The number of nitrogens with one attached hydrogen (secondary N) is 1. The largest absolute Gasteiger partial charge is 0.497 e. The molecule has 1 aromatic carbocycles. The molecule has 9 heteroatoms. The van der Waals surface area contributed by atoms with Gasteiger partial charge in [-0.1, -0.05) is 12.1 Å². The molecule has 0 fully saturated rings. The first-order valence-electron chi connectivity index (χ1n) is 9.12. The normalized spacial score (nSPS) is 10.6. The van der Waals surface area contributed by atoms with Gasteiger partial charge in [-0.15, -0.1) is 11.3 Å². The van der Waals surface area contributed by atoms with Crippen molar-refractivity contribution in [2.24, 2.45) is 0 Å². The van der Waals surface area contributed by atoms with E-state index >= 15 is 0 Å². The van der Waals surface area contributed by atoms with Crippen LogP contribution >= 0.6 is 11.3 Å². The first kappa shape index (κ1) is 20.5. The van der Waals surface area contributed by atoms with Gasteiger partial charge in [0, 0.05) is 23.4 Å². The highest BCUT2D eigenvalue weighted by molar-refractivity contribution is 7.12. The summed E-state index contributed by atoms with van der Waals surface area (Å²) in [4.78, 5) is 28.3. The Labute approximate surface area is 172 Å². The first-order valence-corrected chi connectivity index (χ1v) is 10.0. The lowest BCUT2D eigenvalue weighted by molar-refractivity contribution is -0.144. The Morgan fingerprint density at radius 1 is 1.24 bits per heavy atom. The Morgan fingerprint density at radius 2 is 2.07 bits per heavy atom. The molecular formula is C20H22N4O4S. The number of anilines is 1. The lowest BCUT2D eigenvalue weighted by Gasteiger charge is -2.06. The van der Waals surface area contributed by atoms with E-state index in [4.69, 9.17) is 9.47 Å². The minimum atomic E-state index is -0.393. The van der Waals surface area contributed by atoms with E-state index < -0.39 is 5.97 Å². The number of aryl methyl sites for hydroxylation is 1. The Morgan fingerprint density at radius 3 is 2.83 bits per heavy atom. The number of aromatic nitrogens is 3. The fourth-order valence-electron chi connectivity index (χ4n) is 2.66. The van der Waals surface area contributed by atoms with E-state index in [0.717, 1.165) is 22.7 Å². The second-order valence-electron chi connectivity index (χ2n) is 6.18. The lowest BCUT2D eigenvalue weighted by atomic mass is 10.2. The molecule has 0 radical (unpaired) electrons. The van der Waals surface area contributed by atoms with Gasteiger partial charge in [0.15, 0.2) is 0 Å². The van der Waals surface area contributed by atoms with Crippen molar-refractivity contribution in [1.29, 1.82) is 0 Å². The number of benzene rings is 1. The molecule has 1 N–H and O–H groups in total. The fourth-order valence-corrected chi connectivity index (χ4v) is 3.46. The van der Waals surface area contributed by atoms with Crippen LogP contribution in [-0.2, 0) is 14.3 Å². The third kappa shape index (κ3) is 5.20. The number of amides is 1. The zero-order valence-corrected chi connectivity index (χ0v) is 17.3. The molecule has 0 saturated heterocycles. The number of ether oxygens (including phenoxy) is 2. The minimum Gasteiger partial charge on any atom is -0.497 e. The third-order valence-corrected chi connectivity index (χ3v) is 4.82. The maximum atomic E-state index is 12.2. The number of methoxy groups -OCH3 is 1. The Kier molecular flexibility index (Phi) is 6.61. The molecule has 0 unspecified atom stereocenters. The summed E-state index contributed by atoms with van der Waals surface area (Å²) in [5.41, 5.74) is 2.45. The van der Waals surface area contributed by atoms with Crippen molar-refractivity contribution in [2.75, 3.05) is 19.0 Å². The maximum absolute atomic E-state index is 12.2. The lowest BCUT2D eigenvalue weighted by Crippen LogP contribution is -2.16. The zero-order valence-electron chi connectivity index (χ0n) is 16.5. The van der Waals surface area contributed by atoms with Crippen molar-refractivity contribution in [3.05, 3.63) is 41.4 Å². The summed E-state index contributed by atoms with van der Waals surface area (Å²) in [6.07, 6.45) is 0.0695. The van der Waals surface area contributed by atoms with Gasteiger partial charge in [0.2, 0.25) is 11.0 Å². The van der Waals surface area contributed by atoms with Gasteiger partial charge < -0.3 is 14.8 Å². The van der Waals surface area contributed by atoms with E-state index in [2.05, 4.69) is 15.4 Å². The number of esters is 1. The topological polar surface area (TPSA) is 95.3 Å². The quantitative estimate of drug-likeness (QED) is 0.566. The summed E-state index contributed by atoms with van der Waals surface area (Å²) in [5, 5.41) is 9.77. The van der Waals surface area contributed by atoms with E-state index in [1.54, 1.807) is 24.8 Å². The molecule has 2 heterocycles.